The molecule has 0 N–H and O–H groups in total. The van der Waals surface area contributed by atoms with E-state index in [1.165, 1.54) is 0 Å². The van der Waals surface area contributed by atoms with E-state index in [-0.39, 0.29) is 11.2 Å². The lowest BCUT2D eigenvalue weighted by atomic mass is 9.64. The van der Waals surface area contributed by atoms with Crippen LogP contribution >= 0.6 is 0 Å². The molecule has 3 rings (SSSR count). The van der Waals surface area contributed by atoms with Gasteiger partial charge in [0, 0.05) is 35.7 Å². The molecule has 1 aliphatic carbocycles. The molecule has 1 saturated heterocycles. The maximum absolute atomic E-state index is 12.3. The fourth-order valence-corrected chi connectivity index (χ4v) is 4.02. The predicted octanol–water partition coefficient (Wildman–Crippen LogP) is 3.34. The van der Waals surface area contributed by atoms with Crippen LogP contribution in [-0.2, 0) is 4.79 Å². The number of hydrogen-bond acceptors (Lipinski definition) is 4. The zero-order chi connectivity index (χ0) is 16.7. The Hall–Kier alpha value is -2.28. The Kier molecular flexibility index (Phi) is 3.68. The normalized spacial score (nSPS) is 26.1. The average molecular weight is 310 g/mol. The zero-order valence-electron chi connectivity index (χ0n) is 13.9. The number of ether oxygens (including phenoxy) is 1. The third-order valence-corrected chi connectivity index (χ3v) is 5.03. The maximum atomic E-state index is 12.3. The van der Waals surface area contributed by atoms with Gasteiger partial charge in [-0.15, -0.1) is 0 Å². The number of anilines is 1. The van der Waals surface area contributed by atoms with Crippen molar-refractivity contribution in [1.82, 2.24) is 0 Å². The van der Waals surface area contributed by atoms with E-state index in [1.807, 2.05) is 38.1 Å². The molecule has 1 aromatic rings. The van der Waals surface area contributed by atoms with Crippen molar-refractivity contribution < 1.29 is 9.53 Å². The van der Waals surface area contributed by atoms with E-state index in [0.29, 0.717) is 5.57 Å². The van der Waals surface area contributed by atoms with Crippen molar-refractivity contribution in [1.29, 1.82) is 5.26 Å². The molecule has 1 fully saturated rings. The first-order chi connectivity index (χ1) is 10.9. The highest BCUT2D eigenvalue weighted by atomic mass is 16.5. The second-order valence-electron chi connectivity index (χ2n) is 7.30. The van der Waals surface area contributed by atoms with Gasteiger partial charge in [-0.25, -0.2) is 0 Å². The smallest absolute Gasteiger partial charge is 0.178 e. The van der Waals surface area contributed by atoms with Crippen LogP contribution < -0.4 is 9.64 Å². The number of hydrogen-bond donors (Lipinski definition) is 0. The molecule has 1 spiro atoms. The van der Waals surface area contributed by atoms with Gasteiger partial charge in [0.05, 0.1) is 12.7 Å². The Morgan fingerprint density at radius 1 is 1.35 bits per heavy atom. The molecule has 1 heterocycles. The Morgan fingerprint density at radius 3 is 2.83 bits per heavy atom. The summed E-state index contributed by atoms with van der Waals surface area (Å²) in [5, 5.41) is 9.32. The standard InChI is InChI=1S/C19H22N2O2/c1-18(2)12-19(10-14(11-20)17(18)22)7-8-21(13-19)15-5-4-6-16(9-15)23-3/h4-6,9-10H,7-8,12-13H2,1-3H3. The summed E-state index contributed by atoms with van der Waals surface area (Å²) in [6, 6.07) is 10.1. The number of benzene rings is 1. The van der Waals surface area contributed by atoms with Crippen molar-refractivity contribution in [3.8, 4) is 11.8 Å². The minimum atomic E-state index is -0.468. The van der Waals surface area contributed by atoms with Crippen LogP contribution in [-0.4, -0.2) is 26.0 Å². The van der Waals surface area contributed by atoms with E-state index in [1.54, 1.807) is 7.11 Å². The van der Waals surface area contributed by atoms with Gasteiger partial charge < -0.3 is 9.64 Å². The van der Waals surface area contributed by atoms with E-state index in [9.17, 15) is 10.1 Å². The Bertz CT molecular complexity index is 714. The molecule has 1 unspecified atom stereocenters. The van der Waals surface area contributed by atoms with Gasteiger partial charge in [-0.3, -0.25) is 4.79 Å². The van der Waals surface area contributed by atoms with Gasteiger partial charge in [0.2, 0.25) is 0 Å². The average Bonchev–Trinajstić information content (AvgIpc) is 2.94. The number of Topliss-reactive ketones (excluding diaryl/α,β-unsaturated/α-hetero) is 1. The van der Waals surface area contributed by atoms with E-state index >= 15 is 0 Å². The molecule has 0 bridgehead atoms. The van der Waals surface area contributed by atoms with E-state index in [2.05, 4.69) is 17.0 Å². The van der Waals surface area contributed by atoms with Crippen LogP contribution in [0.4, 0.5) is 5.69 Å². The van der Waals surface area contributed by atoms with Crippen LogP contribution in [0.3, 0.4) is 0 Å². The van der Waals surface area contributed by atoms with Gasteiger partial charge in [0.1, 0.15) is 11.8 Å². The number of carbonyl (C=O) groups is 1. The fraction of sp³-hybridized carbons (Fsp3) is 0.474. The van der Waals surface area contributed by atoms with Gasteiger partial charge in [0.15, 0.2) is 5.78 Å². The zero-order valence-corrected chi connectivity index (χ0v) is 13.9. The molecule has 0 radical (unpaired) electrons. The second-order valence-corrected chi connectivity index (χ2v) is 7.30. The minimum absolute atomic E-state index is 0.0227. The molecule has 1 aliphatic heterocycles. The lowest BCUT2D eigenvalue weighted by Crippen LogP contribution is -2.40. The number of allylic oxidation sites excluding steroid dienone is 1. The van der Waals surface area contributed by atoms with Crippen LogP contribution in [0.25, 0.3) is 0 Å². The number of nitriles is 1. The number of methoxy groups -OCH3 is 1. The quantitative estimate of drug-likeness (QED) is 0.840. The van der Waals surface area contributed by atoms with Crippen molar-refractivity contribution >= 4 is 11.5 Å². The highest BCUT2D eigenvalue weighted by molar-refractivity contribution is 6.03. The highest BCUT2D eigenvalue weighted by Crippen LogP contribution is 2.48. The third kappa shape index (κ3) is 2.72. The lowest BCUT2D eigenvalue weighted by molar-refractivity contribution is -0.125. The van der Waals surface area contributed by atoms with Crippen LogP contribution in [0.15, 0.2) is 35.9 Å². The van der Waals surface area contributed by atoms with Gasteiger partial charge in [-0.1, -0.05) is 26.0 Å². The topological polar surface area (TPSA) is 53.3 Å². The van der Waals surface area contributed by atoms with Gasteiger partial charge in [-0.2, -0.15) is 5.26 Å². The fourth-order valence-electron chi connectivity index (χ4n) is 4.02. The van der Waals surface area contributed by atoms with Gasteiger partial charge in [0.25, 0.3) is 0 Å². The van der Waals surface area contributed by atoms with Crippen molar-refractivity contribution in [2.24, 2.45) is 10.8 Å². The molecule has 2 aliphatic rings. The number of nitrogens with zero attached hydrogens (tertiary/aromatic N) is 2. The monoisotopic (exact) mass is 310 g/mol. The summed E-state index contributed by atoms with van der Waals surface area (Å²) in [5.74, 6) is 0.821. The Morgan fingerprint density at radius 2 is 2.13 bits per heavy atom. The van der Waals surface area contributed by atoms with E-state index in [0.717, 1.165) is 37.4 Å². The highest BCUT2D eigenvalue weighted by Gasteiger charge is 2.48. The summed E-state index contributed by atoms with van der Waals surface area (Å²) >= 11 is 0. The molecule has 23 heavy (non-hydrogen) atoms. The van der Waals surface area contributed by atoms with Crippen molar-refractivity contribution in [2.75, 3.05) is 25.1 Å². The molecule has 4 nitrogen and oxygen atoms in total. The third-order valence-electron chi connectivity index (χ3n) is 5.03. The number of carbonyl (C=O) groups excluding carboxylic acids is 1. The van der Waals surface area contributed by atoms with Crippen molar-refractivity contribution in [2.45, 2.75) is 26.7 Å². The summed E-state index contributed by atoms with van der Waals surface area (Å²) in [7, 11) is 1.67. The Labute approximate surface area is 137 Å². The summed E-state index contributed by atoms with van der Waals surface area (Å²) in [4.78, 5) is 14.7. The van der Waals surface area contributed by atoms with Gasteiger partial charge >= 0.3 is 0 Å². The molecule has 4 heteroatoms. The number of ketones is 1. The molecule has 0 amide bonds. The Balaban J connectivity index is 1.90. The molecule has 0 aromatic heterocycles. The molecule has 0 saturated carbocycles. The second kappa shape index (κ2) is 5.42. The largest absolute Gasteiger partial charge is 0.497 e. The van der Waals surface area contributed by atoms with E-state index in [4.69, 9.17) is 4.74 Å². The minimum Gasteiger partial charge on any atom is -0.497 e. The first kappa shape index (κ1) is 15.6. The molecule has 1 aromatic carbocycles. The van der Waals surface area contributed by atoms with Gasteiger partial charge in [-0.05, 0) is 25.0 Å². The maximum Gasteiger partial charge on any atom is 0.178 e. The van der Waals surface area contributed by atoms with Crippen LogP contribution in [0, 0.1) is 22.2 Å². The molecule has 120 valence electrons. The summed E-state index contributed by atoms with van der Waals surface area (Å²) in [6.07, 6.45) is 3.69. The summed E-state index contributed by atoms with van der Waals surface area (Å²) in [5.41, 5.74) is 0.895. The molecular weight excluding hydrogens is 288 g/mol. The van der Waals surface area contributed by atoms with Crippen molar-refractivity contribution in [3.63, 3.8) is 0 Å². The van der Waals surface area contributed by atoms with E-state index < -0.39 is 5.41 Å². The van der Waals surface area contributed by atoms with Crippen LogP contribution in [0.2, 0.25) is 0 Å². The number of rotatable bonds is 2. The first-order valence-electron chi connectivity index (χ1n) is 7.96. The molecular formula is C19H22N2O2. The lowest BCUT2D eigenvalue weighted by Gasteiger charge is -2.38. The van der Waals surface area contributed by atoms with Crippen LogP contribution in [0.5, 0.6) is 5.75 Å². The predicted molar refractivity (Wildman–Crippen MR) is 89.4 cm³/mol. The molecule has 1 atom stereocenters. The first-order valence-corrected chi connectivity index (χ1v) is 7.96. The van der Waals surface area contributed by atoms with Crippen LogP contribution in [0.1, 0.15) is 26.7 Å². The summed E-state index contributed by atoms with van der Waals surface area (Å²) < 4.78 is 5.31. The van der Waals surface area contributed by atoms with Crippen molar-refractivity contribution in [3.05, 3.63) is 35.9 Å². The SMILES string of the molecule is COc1cccc(N2CCC3(C=C(C#N)C(=O)C(C)(C)C3)C2)c1. The summed E-state index contributed by atoms with van der Waals surface area (Å²) in [6.45, 7) is 5.67.